The highest BCUT2D eigenvalue weighted by Crippen LogP contribution is 2.67. The summed E-state index contributed by atoms with van der Waals surface area (Å²) in [6, 6.07) is 0. The standard InChI is InChI=1S/C29H46B2O3S2.C26H38B2O3S2/c1-6-29(32,7-2)15-8-9-19(3)23-12-13-24-22-11-10-20-17-21(33-35-30)18-26(34-36-31)28(20,5)25(22)14-16-27(23,24)4;1-16(6-5-7-17(2)29)21-10-11-22-20-9-8-18-14-19(30-32-27)15-24(31-33-28)26(18,4)23(20)12-13-25(21,22)3/h10-12,19,21,24-26,30-32H,6-9,13-18H2,1-5H3;8-10,16,19,22-24,27-28H,5-7,11-15H2,1-4H3/t19-,21+,24?,25?,26-,27+,28-;16-,19+,22?,23?,24-,25+,26-/m00/s1/i30T,31T;27T,28T. The maximum atomic E-state index is 11.4. The molecular weight excluding hydrogens is 928 g/mol. The highest BCUT2D eigenvalue weighted by Gasteiger charge is 2.60. The molecule has 0 aliphatic heterocycles. The Kier molecular flexibility index (Phi) is 17.4. The second kappa shape index (κ2) is 23.6. The van der Waals surface area contributed by atoms with Gasteiger partial charge in [0.1, 0.15) is 5.78 Å². The average Bonchev–Trinajstić information content (AvgIpc) is 3.93. The smallest absolute Gasteiger partial charge is 0.209 e. The highest BCUT2D eigenvalue weighted by atomic mass is 32.2. The number of fused-ring (bicyclic) bond motifs is 10. The molecule has 0 aromatic carbocycles. The van der Waals surface area contributed by atoms with Crippen molar-refractivity contribution < 1.29 is 26.6 Å². The number of hydrogen-bond acceptors (Lipinski definition) is 10. The Bertz CT molecular complexity index is 2110. The van der Waals surface area contributed by atoms with Gasteiger partial charge in [0.05, 0.1) is 30.0 Å². The number of allylic oxidation sites excluding steroid dienone is 10. The van der Waals surface area contributed by atoms with Gasteiger partial charge in [-0.05, 0) is 148 Å². The summed E-state index contributed by atoms with van der Waals surface area (Å²) in [5, 5.41) is 10.8. The predicted octanol–water partition coefficient (Wildman–Crippen LogP) is 13.2. The van der Waals surface area contributed by atoms with Gasteiger partial charge in [-0.2, -0.15) is 0 Å². The first kappa shape index (κ1) is 50.7. The molecule has 14 heteroatoms. The van der Waals surface area contributed by atoms with Crippen LogP contribution in [-0.2, 0) is 21.5 Å². The molecule has 69 heavy (non-hydrogen) atoms. The highest BCUT2D eigenvalue weighted by molar-refractivity contribution is 8.16. The first-order valence-corrected chi connectivity index (χ1v) is 29.7. The van der Waals surface area contributed by atoms with Crippen LogP contribution in [-0.4, -0.2) is 74.6 Å². The lowest BCUT2D eigenvalue weighted by molar-refractivity contribution is -0.117. The van der Waals surface area contributed by atoms with Crippen LogP contribution in [0.4, 0.5) is 0 Å². The monoisotopic (exact) mass is 1020 g/mol. The van der Waals surface area contributed by atoms with E-state index < -0.39 is 5.60 Å². The Morgan fingerprint density at radius 3 is 1.57 bits per heavy atom. The number of carbonyl (C=O) groups is 1. The van der Waals surface area contributed by atoms with Gasteiger partial charge in [0, 0.05) is 30.1 Å². The van der Waals surface area contributed by atoms with E-state index in [9.17, 15) is 9.90 Å². The van der Waals surface area contributed by atoms with Crippen LogP contribution in [0, 0.1) is 57.2 Å². The number of ketones is 1. The first-order valence-electron chi connectivity index (χ1n) is 28.8. The molecule has 6 nitrogen and oxygen atoms in total. The van der Waals surface area contributed by atoms with Gasteiger partial charge in [0.2, 0.25) is 28.4 Å². The van der Waals surface area contributed by atoms with Crippen LogP contribution in [0.15, 0.2) is 69.9 Å². The van der Waals surface area contributed by atoms with E-state index in [-0.39, 0.29) is 46.1 Å². The van der Waals surface area contributed by atoms with E-state index in [1.165, 1.54) is 52.3 Å². The van der Waals surface area contributed by atoms with E-state index in [1.807, 2.05) is 0 Å². The van der Waals surface area contributed by atoms with Crippen molar-refractivity contribution in [2.24, 2.45) is 57.2 Å². The molecule has 376 valence electrons. The van der Waals surface area contributed by atoms with Crippen LogP contribution in [0.2, 0.25) is 0 Å². The molecular formula is C55H84B4O6S4. The quantitative estimate of drug-likeness (QED) is 0.0574. The summed E-state index contributed by atoms with van der Waals surface area (Å²) in [4.78, 5) is 11.4. The van der Waals surface area contributed by atoms with E-state index in [0.717, 1.165) is 144 Å². The van der Waals surface area contributed by atoms with E-state index in [0.29, 0.717) is 47.7 Å². The Morgan fingerprint density at radius 2 is 1.14 bits per heavy atom. The molecule has 4 unspecified atom stereocenters. The summed E-state index contributed by atoms with van der Waals surface area (Å²) in [7, 11) is 5.01. The Morgan fingerprint density at radius 1 is 0.710 bits per heavy atom. The molecule has 8 aliphatic carbocycles. The molecule has 0 saturated heterocycles. The van der Waals surface area contributed by atoms with Crippen LogP contribution in [0.25, 0.3) is 0 Å². The van der Waals surface area contributed by atoms with Crippen molar-refractivity contribution in [3.8, 4) is 0 Å². The number of aliphatic hydroxyl groups is 1. The SMILES string of the molecule is [3H][B]SO[C@@H]1CC2=CC=C3C(CC[C@]4(C)C([C@@H](C)CCCC(C)=O)=CCC34)[C@@]2(C)[C@@H](OS[B][3H])C1.[3H][B]SO[C@@H]1CC2=CC=C3C(CC[C@]4(C)C([C@@H](C)CCCC(O)(CC)CC)=CCC34)[C@@]2(C)[C@@H](OS[B][3H])C1. The van der Waals surface area contributed by atoms with Crippen LogP contribution in [0.1, 0.15) is 178 Å². The van der Waals surface area contributed by atoms with Crippen LogP contribution < -0.4 is 0 Å². The zero-order valence-electron chi connectivity index (χ0n) is 47.4. The maximum Gasteiger partial charge on any atom is 0.209 e. The molecule has 14 atom stereocenters. The van der Waals surface area contributed by atoms with E-state index >= 15 is 0 Å². The van der Waals surface area contributed by atoms with Crippen molar-refractivity contribution in [3.05, 3.63) is 69.9 Å². The van der Waals surface area contributed by atoms with Crippen molar-refractivity contribution in [2.75, 3.05) is 0 Å². The second-order valence-corrected chi connectivity index (χ2v) is 24.8. The van der Waals surface area contributed by atoms with Crippen LogP contribution in [0.5, 0.6) is 0 Å². The fourth-order valence-corrected chi connectivity index (χ4v) is 17.2. The lowest BCUT2D eigenvalue weighted by Gasteiger charge is -2.57. The summed E-state index contributed by atoms with van der Waals surface area (Å²) in [6.45, 7) is 20.4. The molecule has 0 bridgehead atoms. The molecule has 4 fully saturated rings. The number of hydrogen-bond donors (Lipinski definition) is 1. The molecule has 8 rings (SSSR count). The zero-order chi connectivity index (χ0) is 52.8. The van der Waals surface area contributed by atoms with Gasteiger partial charge in [-0.3, -0.25) is 0 Å². The fourth-order valence-electron chi connectivity index (χ4n) is 15.8. The summed E-state index contributed by atoms with van der Waals surface area (Å²) >= 11 is 4.44. The third-order valence-electron chi connectivity index (χ3n) is 20.0. The molecule has 0 aromatic heterocycles. The van der Waals surface area contributed by atoms with E-state index in [1.54, 1.807) is 29.2 Å². The van der Waals surface area contributed by atoms with Crippen LogP contribution in [0.3, 0.4) is 0 Å². The summed E-state index contributed by atoms with van der Waals surface area (Å²) < 4.78 is 54.0. The first-order chi connectivity index (χ1) is 34.9. The Hall–Kier alpha value is -0.430. The second-order valence-electron chi connectivity index (χ2n) is 23.3. The van der Waals surface area contributed by atoms with E-state index in [4.69, 9.17) is 22.1 Å². The van der Waals surface area contributed by atoms with Gasteiger partial charge in [-0.1, -0.05) is 179 Å². The number of carbonyl (C=O) groups excluding carboxylic acids is 1. The predicted molar refractivity (Wildman–Crippen MR) is 302 cm³/mol. The molecule has 1 N–H and O–H groups in total. The Balaban J connectivity index is 0.000000214. The molecule has 0 spiro atoms. The Labute approximate surface area is 446 Å². The van der Waals surface area contributed by atoms with Gasteiger partial charge in [0.25, 0.3) is 0 Å². The third kappa shape index (κ3) is 11.0. The van der Waals surface area contributed by atoms with Crippen molar-refractivity contribution >= 4 is 81.7 Å². The summed E-state index contributed by atoms with van der Waals surface area (Å²) in [5.41, 5.74) is 8.90. The molecule has 4 radical (unpaired) electrons. The molecule has 0 aromatic rings. The third-order valence-corrected chi connectivity index (χ3v) is 21.5. The minimum absolute atomic E-state index is 0.0108. The molecule has 0 amide bonds. The maximum absolute atomic E-state index is 11.4. The van der Waals surface area contributed by atoms with Crippen molar-refractivity contribution in [2.45, 2.75) is 208 Å². The summed E-state index contributed by atoms with van der Waals surface area (Å²) in [5.74, 6) is 3.30. The molecule has 0 heterocycles. The largest absolute Gasteiger partial charge is 0.390 e. The van der Waals surface area contributed by atoms with Crippen LogP contribution >= 0.6 is 47.6 Å². The number of rotatable bonds is 24. The van der Waals surface area contributed by atoms with Gasteiger partial charge in [-0.25, -0.2) is 0 Å². The average molecular weight is 1020 g/mol. The molecule has 8 aliphatic rings. The zero-order valence-corrected chi connectivity index (χ0v) is 46.7. The number of Topliss-reactive ketones (excluding diaryl/α,β-unsaturated/α-hetero) is 1. The van der Waals surface area contributed by atoms with Gasteiger partial charge in [-0.15, -0.1) is 0 Å². The minimum atomic E-state index is -0.502. The summed E-state index contributed by atoms with van der Waals surface area (Å²) in [6.07, 6.45) is 32.3. The van der Waals surface area contributed by atoms with Crippen molar-refractivity contribution in [3.63, 3.8) is 0 Å². The molecule has 4 saturated carbocycles. The van der Waals surface area contributed by atoms with Gasteiger partial charge in [0.15, 0.2) is 0 Å². The topological polar surface area (TPSA) is 74.2 Å². The van der Waals surface area contributed by atoms with E-state index in [2.05, 4.69) is 91.8 Å². The lowest BCUT2D eigenvalue weighted by atomic mass is 9.49. The lowest BCUT2D eigenvalue weighted by Crippen LogP contribution is -2.52. The normalized spacial score (nSPS) is 38.1. The van der Waals surface area contributed by atoms with Crippen molar-refractivity contribution in [1.29, 1.82) is 5.34 Å². The van der Waals surface area contributed by atoms with Gasteiger partial charge < -0.3 is 26.6 Å². The fraction of sp³-hybridized carbons (Fsp3) is 0.764. The van der Waals surface area contributed by atoms with Gasteiger partial charge >= 0.3 is 0 Å². The van der Waals surface area contributed by atoms with Crippen molar-refractivity contribution in [1.82, 2.24) is 0 Å². The minimum Gasteiger partial charge on any atom is -0.390 e.